The summed E-state index contributed by atoms with van der Waals surface area (Å²) < 4.78 is 7.49. The lowest BCUT2D eigenvalue weighted by Crippen LogP contribution is -2.05. The van der Waals surface area contributed by atoms with Gasteiger partial charge in [0.15, 0.2) is 0 Å². The van der Waals surface area contributed by atoms with Crippen molar-refractivity contribution in [2.24, 2.45) is 0 Å². The van der Waals surface area contributed by atoms with Crippen LogP contribution in [0.2, 0.25) is 0 Å². The molecule has 114 valence electrons. The van der Waals surface area contributed by atoms with E-state index in [1.54, 1.807) is 6.07 Å². The fourth-order valence-corrected chi connectivity index (χ4v) is 2.56. The summed E-state index contributed by atoms with van der Waals surface area (Å²) in [5.41, 5.74) is 2.00. The van der Waals surface area contributed by atoms with E-state index in [1.807, 2.05) is 24.3 Å². The van der Waals surface area contributed by atoms with Gasteiger partial charge in [-0.3, -0.25) is 0 Å². The Hall–Kier alpha value is -2.56. The number of furan rings is 1. The van der Waals surface area contributed by atoms with Crippen molar-refractivity contribution in [3.05, 3.63) is 53.7 Å². The molecular weight excluding hydrogens is 280 g/mol. The van der Waals surface area contributed by atoms with Gasteiger partial charge in [-0.05, 0) is 30.7 Å². The zero-order chi connectivity index (χ0) is 15.5. The molecule has 1 aromatic carbocycles. The van der Waals surface area contributed by atoms with Crippen molar-refractivity contribution in [3.8, 4) is 0 Å². The first-order chi connectivity index (χ1) is 10.7. The number of carbonyl (C=O) groups is 1. The molecule has 22 heavy (non-hydrogen) atoms. The first-order valence-corrected chi connectivity index (χ1v) is 7.45. The fourth-order valence-electron chi connectivity index (χ4n) is 2.56. The molecule has 0 radical (unpaired) electrons. The second-order valence-corrected chi connectivity index (χ2v) is 5.28. The summed E-state index contributed by atoms with van der Waals surface area (Å²) in [5, 5.41) is 8.95. The zero-order valence-corrected chi connectivity index (χ0v) is 12.5. The summed E-state index contributed by atoms with van der Waals surface area (Å²) in [5.74, 6) is 0.553. The molecule has 0 spiro atoms. The average Bonchev–Trinajstić information content (AvgIpc) is 3.11. The van der Waals surface area contributed by atoms with Crippen LogP contribution < -0.4 is 0 Å². The number of aryl methyl sites for hydroxylation is 1. The summed E-state index contributed by atoms with van der Waals surface area (Å²) in [4.78, 5) is 15.6. The van der Waals surface area contributed by atoms with E-state index in [2.05, 4.69) is 11.5 Å². The Balaban J connectivity index is 1.97. The highest BCUT2D eigenvalue weighted by Gasteiger charge is 2.14. The van der Waals surface area contributed by atoms with Crippen molar-refractivity contribution in [1.29, 1.82) is 0 Å². The first-order valence-electron chi connectivity index (χ1n) is 7.45. The molecule has 0 atom stereocenters. The van der Waals surface area contributed by atoms with E-state index in [0.29, 0.717) is 12.3 Å². The minimum absolute atomic E-state index is 0.0328. The summed E-state index contributed by atoms with van der Waals surface area (Å²) in [7, 11) is 0. The fraction of sp³-hybridized carbons (Fsp3) is 0.294. The number of hydrogen-bond acceptors (Lipinski definition) is 3. The number of rotatable bonds is 6. The number of carboxylic acid groups (broad SMARTS) is 1. The first kappa shape index (κ1) is 14.4. The molecule has 3 rings (SSSR count). The van der Waals surface area contributed by atoms with E-state index in [4.69, 9.17) is 14.5 Å². The summed E-state index contributed by atoms with van der Waals surface area (Å²) in [6, 6.07) is 11.2. The normalized spacial score (nSPS) is 11.1. The Morgan fingerprint density at radius 3 is 2.82 bits per heavy atom. The monoisotopic (exact) mass is 298 g/mol. The van der Waals surface area contributed by atoms with Gasteiger partial charge < -0.3 is 14.1 Å². The van der Waals surface area contributed by atoms with Gasteiger partial charge in [0.25, 0.3) is 0 Å². The number of para-hydroxylation sites is 2. The van der Waals surface area contributed by atoms with Crippen LogP contribution in [0.3, 0.4) is 0 Å². The van der Waals surface area contributed by atoms with Crippen LogP contribution in [0.15, 0.2) is 40.8 Å². The lowest BCUT2D eigenvalue weighted by molar-refractivity contribution is 0.0660. The van der Waals surface area contributed by atoms with Gasteiger partial charge in [-0.1, -0.05) is 25.5 Å². The maximum absolute atomic E-state index is 10.9. The molecule has 2 aromatic heterocycles. The topological polar surface area (TPSA) is 68.3 Å². The molecule has 0 fully saturated rings. The van der Waals surface area contributed by atoms with Crippen LogP contribution in [0, 0.1) is 0 Å². The average molecular weight is 298 g/mol. The molecule has 5 nitrogen and oxygen atoms in total. The van der Waals surface area contributed by atoms with Crippen LogP contribution in [0.5, 0.6) is 0 Å². The molecule has 0 aliphatic heterocycles. The van der Waals surface area contributed by atoms with Gasteiger partial charge in [-0.15, -0.1) is 0 Å². The molecule has 0 aliphatic carbocycles. The van der Waals surface area contributed by atoms with Crippen LogP contribution >= 0.6 is 0 Å². The maximum atomic E-state index is 10.9. The number of benzene rings is 1. The van der Waals surface area contributed by atoms with Crippen LogP contribution in [0.1, 0.15) is 41.9 Å². The SMILES string of the molecule is CCCCc1nc2ccccc2n1Cc1ccc(C(=O)O)o1. The Bertz CT molecular complexity index is 801. The van der Waals surface area contributed by atoms with Gasteiger partial charge in [-0.2, -0.15) is 0 Å². The number of nitrogens with zero attached hydrogens (tertiary/aromatic N) is 2. The van der Waals surface area contributed by atoms with Gasteiger partial charge in [-0.25, -0.2) is 9.78 Å². The van der Waals surface area contributed by atoms with Gasteiger partial charge in [0.05, 0.1) is 17.6 Å². The smallest absolute Gasteiger partial charge is 0.371 e. The predicted molar refractivity (Wildman–Crippen MR) is 83.1 cm³/mol. The van der Waals surface area contributed by atoms with Gasteiger partial charge in [0.2, 0.25) is 5.76 Å². The third-order valence-corrected chi connectivity index (χ3v) is 3.67. The molecule has 0 bridgehead atoms. The van der Waals surface area contributed by atoms with E-state index in [0.717, 1.165) is 36.1 Å². The number of carboxylic acids is 1. The molecule has 2 heterocycles. The second kappa shape index (κ2) is 6.05. The highest BCUT2D eigenvalue weighted by Crippen LogP contribution is 2.20. The van der Waals surface area contributed by atoms with Crippen LogP contribution in [-0.4, -0.2) is 20.6 Å². The molecular formula is C17H18N2O3. The Morgan fingerprint density at radius 2 is 2.09 bits per heavy atom. The number of aromatic carboxylic acids is 1. The molecule has 0 unspecified atom stereocenters. The minimum Gasteiger partial charge on any atom is -0.475 e. The molecule has 3 aromatic rings. The van der Waals surface area contributed by atoms with Crippen molar-refractivity contribution in [2.45, 2.75) is 32.7 Å². The van der Waals surface area contributed by atoms with Crippen molar-refractivity contribution in [3.63, 3.8) is 0 Å². The number of imidazole rings is 1. The third kappa shape index (κ3) is 2.74. The van der Waals surface area contributed by atoms with E-state index in [-0.39, 0.29) is 5.76 Å². The predicted octanol–water partition coefficient (Wildman–Crippen LogP) is 3.72. The maximum Gasteiger partial charge on any atom is 0.371 e. The van der Waals surface area contributed by atoms with Crippen molar-refractivity contribution < 1.29 is 14.3 Å². The highest BCUT2D eigenvalue weighted by molar-refractivity contribution is 5.84. The van der Waals surface area contributed by atoms with Gasteiger partial charge in [0.1, 0.15) is 11.6 Å². The molecule has 0 amide bonds. The van der Waals surface area contributed by atoms with Crippen LogP contribution in [-0.2, 0) is 13.0 Å². The molecule has 0 aliphatic rings. The number of aromatic nitrogens is 2. The Labute approximate surface area is 128 Å². The van der Waals surface area contributed by atoms with Crippen molar-refractivity contribution in [2.75, 3.05) is 0 Å². The largest absolute Gasteiger partial charge is 0.475 e. The minimum atomic E-state index is -1.05. The lowest BCUT2D eigenvalue weighted by Gasteiger charge is -2.07. The van der Waals surface area contributed by atoms with E-state index in [9.17, 15) is 4.79 Å². The molecule has 5 heteroatoms. The van der Waals surface area contributed by atoms with E-state index in [1.165, 1.54) is 6.07 Å². The quantitative estimate of drug-likeness (QED) is 0.753. The van der Waals surface area contributed by atoms with E-state index < -0.39 is 5.97 Å². The summed E-state index contributed by atoms with van der Waals surface area (Å²) in [6.07, 6.45) is 3.08. The van der Waals surface area contributed by atoms with Crippen LogP contribution in [0.4, 0.5) is 0 Å². The second-order valence-electron chi connectivity index (χ2n) is 5.28. The summed E-state index contributed by atoms with van der Waals surface area (Å²) in [6.45, 7) is 2.64. The Morgan fingerprint density at radius 1 is 1.27 bits per heavy atom. The van der Waals surface area contributed by atoms with Gasteiger partial charge in [0, 0.05) is 6.42 Å². The third-order valence-electron chi connectivity index (χ3n) is 3.67. The van der Waals surface area contributed by atoms with E-state index >= 15 is 0 Å². The highest BCUT2D eigenvalue weighted by atomic mass is 16.4. The number of fused-ring (bicyclic) bond motifs is 1. The van der Waals surface area contributed by atoms with Crippen LogP contribution in [0.25, 0.3) is 11.0 Å². The summed E-state index contributed by atoms with van der Waals surface area (Å²) >= 11 is 0. The molecule has 1 N–H and O–H groups in total. The molecule has 0 saturated heterocycles. The number of hydrogen-bond donors (Lipinski definition) is 1. The van der Waals surface area contributed by atoms with Crippen molar-refractivity contribution in [1.82, 2.24) is 9.55 Å². The zero-order valence-electron chi connectivity index (χ0n) is 12.5. The van der Waals surface area contributed by atoms with Gasteiger partial charge >= 0.3 is 5.97 Å². The number of unbranched alkanes of at least 4 members (excludes halogenated alkanes) is 1. The van der Waals surface area contributed by atoms with Crippen molar-refractivity contribution >= 4 is 17.0 Å². The standard InChI is InChI=1S/C17H18N2O3/c1-2-3-8-16-18-13-6-4-5-7-14(13)19(16)11-12-9-10-15(22-12)17(20)21/h4-7,9-10H,2-3,8,11H2,1H3,(H,20,21). The Kier molecular flexibility index (Phi) is 3.96. The lowest BCUT2D eigenvalue weighted by atomic mass is 10.2. The molecule has 0 saturated carbocycles.